The SMILES string of the molecule is Cc1ccc(N2C[C@@]3(CCN(C(=O)c4ccc5ccccc5n4)C3)CC2=O)cc1. The molecule has 0 radical (unpaired) electrons. The molecular weight excluding hydrogens is 362 g/mol. The van der Waals surface area contributed by atoms with Gasteiger partial charge in [-0.15, -0.1) is 0 Å². The average molecular weight is 385 g/mol. The number of aromatic nitrogens is 1. The molecule has 5 nitrogen and oxygen atoms in total. The number of carbonyl (C=O) groups is 2. The van der Waals surface area contributed by atoms with Gasteiger partial charge in [0.1, 0.15) is 5.69 Å². The van der Waals surface area contributed by atoms with Gasteiger partial charge in [0.15, 0.2) is 0 Å². The van der Waals surface area contributed by atoms with E-state index in [1.165, 1.54) is 5.56 Å². The second-order valence-electron chi connectivity index (χ2n) is 8.36. The van der Waals surface area contributed by atoms with Crippen molar-refractivity contribution in [3.05, 3.63) is 71.9 Å². The Bertz CT molecular complexity index is 1110. The Labute approximate surface area is 170 Å². The minimum absolute atomic E-state index is 0.0473. The summed E-state index contributed by atoms with van der Waals surface area (Å²) in [5.74, 6) is 0.0980. The first-order valence-corrected chi connectivity index (χ1v) is 10.1. The fourth-order valence-corrected chi connectivity index (χ4v) is 4.58. The smallest absolute Gasteiger partial charge is 0.272 e. The first-order valence-electron chi connectivity index (χ1n) is 10.1. The third kappa shape index (κ3) is 3.16. The van der Waals surface area contributed by atoms with E-state index in [-0.39, 0.29) is 17.2 Å². The number of amides is 2. The molecule has 2 fully saturated rings. The van der Waals surface area contributed by atoms with Crippen molar-refractivity contribution in [2.75, 3.05) is 24.5 Å². The molecule has 2 aromatic carbocycles. The fourth-order valence-electron chi connectivity index (χ4n) is 4.58. The van der Waals surface area contributed by atoms with E-state index in [0.717, 1.165) is 23.0 Å². The van der Waals surface area contributed by atoms with E-state index in [4.69, 9.17) is 0 Å². The molecule has 0 aliphatic carbocycles. The van der Waals surface area contributed by atoms with Crippen LogP contribution in [0.5, 0.6) is 0 Å². The van der Waals surface area contributed by atoms with Gasteiger partial charge >= 0.3 is 0 Å². The van der Waals surface area contributed by atoms with Crippen LogP contribution in [0.25, 0.3) is 10.9 Å². The van der Waals surface area contributed by atoms with Crippen LogP contribution in [0.2, 0.25) is 0 Å². The molecule has 1 spiro atoms. The number of benzene rings is 2. The molecule has 2 amide bonds. The molecule has 1 atom stereocenters. The van der Waals surface area contributed by atoms with E-state index in [9.17, 15) is 9.59 Å². The molecule has 3 aromatic rings. The normalized spacial score (nSPS) is 21.5. The molecule has 1 aromatic heterocycles. The standard InChI is InChI=1S/C24H23N3O2/c1-17-6-9-19(10-7-17)27-16-24(14-22(27)28)12-13-26(15-24)23(29)21-11-8-18-4-2-3-5-20(18)25-21/h2-11H,12-16H2,1H3/t24-/m0/s1. The van der Waals surface area contributed by atoms with Crippen molar-refractivity contribution in [2.45, 2.75) is 19.8 Å². The van der Waals surface area contributed by atoms with Crippen LogP contribution in [-0.4, -0.2) is 41.3 Å². The highest BCUT2D eigenvalue weighted by atomic mass is 16.2. The third-order valence-electron chi connectivity index (χ3n) is 6.21. The van der Waals surface area contributed by atoms with E-state index < -0.39 is 0 Å². The summed E-state index contributed by atoms with van der Waals surface area (Å²) >= 11 is 0. The second kappa shape index (κ2) is 6.69. The van der Waals surface area contributed by atoms with E-state index in [2.05, 4.69) is 4.98 Å². The van der Waals surface area contributed by atoms with Crippen molar-refractivity contribution in [3.63, 3.8) is 0 Å². The zero-order chi connectivity index (χ0) is 20.0. The van der Waals surface area contributed by atoms with Gasteiger partial charge in [0.2, 0.25) is 5.91 Å². The zero-order valence-electron chi connectivity index (χ0n) is 16.5. The lowest BCUT2D eigenvalue weighted by Gasteiger charge is -2.24. The average Bonchev–Trinajstić information content (AvgIpc) is 3.30. The number of anilines is 1. The van der Waals surface area contributed by atoms with Gasteiger partial charge in [0.05, 0.1) is 5.52 Å². The van der Waals surface area contributed by atoms with E-state index in [1.54, 1.807) is 6.07 Å². The van der Waals surface area contributed by atoms with Gasteiger partial charge in [-0.2, -0.15) is 0 Å². The van der Waals surface area contributed by atoms with Crippen LogP contribution in [0, 0.1) is 12.3 Å². The largest absolute Gasteiger partial charge is 0.337 e. The maximum atomic E-state index is 13.1. The van der Waals surface area contributed by atoms with Gasteiger partial charge in [-0.25, -0.2) is 4.98 Å². The highest BCUT2D eigenvalue weighted by Crippen LogP contribution is 2.42. The van der Waals surface area contributed by atoms with Crippen LogP contribution in [-0.2, 0) is 4.79 Å². The Morgan fingerprint density at radius 3 is 2.62 bits per heavy atom. The van der Waals surface area contributed by atoms with Gasteiger partial charge in [-0.3, -0.25) is 9.59 Å². The third-order valence-corrected chi connectivity index (χ3v) is 6.21. The van der Waals surface area contributed by atoms with Gasteiger partial charge in [0, 0.05) is 42.5 Å². The summed E-state index contributed by atoms with van der Waals surface area (Å²) in [5.41, 5.74) is 3.26. The molecule has 0 saturated carbocycles. The molecule has 2 aliphatic heterocycles. The van der Waals surface area contributed by atoms with Gasteiger partial charge in [-0.05, 0) is 37.6 Å². The van der Waals surface area contributed by atoms with Crippen molar-refractivity contribution in [2.24, 2.45) is 5.41 Å². The summed E-state index contributed by atoms with van der Waals surface area (Å²) in [7, 11) is 0. The predicted molar refractivity (Wildman–Crippen MR) is 113 cm³/mol. The molecule has 0 N–H and O–H groups in total. The number of aryl methyl sites for hydroxylation is 1. The van der Waals surface area contributed by atoms with Gasteiger partial charge in [-0.1, -0.05) is 42.0 Å². The number of pyridine rings is 1. The molecule has 29 heavy (non-hydrogen) atoms. The summed E-state index contributed by atoms with van der Waals surface area (Å²) in [6.07, 6.45) is 1.34. The minimum Gasteiger partial charge on any atom is -0.337 e. The number of carbonyl (C=O) groups excluding carboxylic acids is 2. The number of rotatable bonds is 2. The fraction of sp³-hybridized carbons (Fsp3) is 0.292. The first-order chi connectivity index (χ1) is 14.0. The maximum Gasteiger partial charge on any atom is 0.272 e. The van der Waals surface area contributed by atoms with Crippen LogP contribution in [0.1, 0.15) is 28.9 Å². The molecule has 5 rings (SSSR count). The molecule has 146 valence electrons. The van der Waals surface area contributed by atoms with Gasteiger partial charge in [0.25, 0.3) is 5.91 Å². The molecule has 0 bridgehead atoms. The van der Waals surface area contributed by atoms with Crippen LogP contribution >= 0.6 is 0 Å². The van der Waals surface area contributed by atoms with Crippen molar-refractivity contribution in [3.8, 4) is 0 Å². The molecule has 0 unspecified atom stereocenters. The number of para-hydroxylation sites is 1. The van der Waals surface area contributed by atoms with E-state index >= 15 is 0 Å². The quantitative estimate of drug-likeness (QED) is 0.674. The summed E-state index contributed by atoms with van der Waals surface area (Å²) < 4.78 is 0. The van der Waals surface area contributed by atoms with Gasteiger partial charge < -0.3 is 9.80 Å². The van der Waals surface area contributed by atoms with Crippen molar-refractivity contribution in [1.29, 1.82) is 0 Å². The monoisotopic (exact) mass is 385 g/mol. The summed E-state index contributed by atoms with van der Waals surface area (Å²) in [5, 5.41) is 1.03. The van der Waals surface area contributed by atoms with Crippen molar-refractivity contribution in [1.82, 2.24) is 9.88 Å². The molecule has 2 aliphatic rings. The number of hydrogen-bond donors (Lipinski definition) is 0. The number of hydrogen-bond acceptors (Lipinski definition) is 3. The topological polar surface area (TPSA) is 53.5 Å². The van der Waals surface area contributed by atoms with Crippen molar-refractivity contribution < 1.29 is 9.59 Å². The Morgan fingerprint density at radius 2 is 1.79 bits per heavy atom. The van der Waals surface area contributed by atoms with E-state index in [0.29, 0.717) is 31.7 Å². The van der Waals surface area contributed by atoms with Crippen LogP contribution < -0.4 is 4.90 Å². The molecule has 3 heterocycles. The van der Waals surface area contributed by atoms with Crippen LogP contribution in [0.4, 0.5) is 5.69 Å². The van der Waals surface area contributed by atoms with E-state index in [1.807, 2.05) is 71.3 Å². The lowest BCUT2D eigenvalue weighted by atomic mass is 9.86. The number of fused-ring (bicyclic) bond motifs is 1. The Balaban J connectivity index is 1.34. The number of likely N-dealkylation sites (tertiary alicyclic amines) is 1. The van der Waals surface area contributed by atoms with Crippen LogP contribution in [0.15, 0.2) is 60.7 Å². The number of nitrogens with zero attached hydrogens (tertiary/aromatic N) is 3. The highest BCUT2D eigenvalue weighted by Gasteiger charge is 2.49. The first kappa shape index (κ1) is 17.9. The second-order valence-corrected chi connectivity index (χ2v) is 8.36. The van der Waals surface area contributed by atoms with Crippen molar-refractivity contribution >= 4 is 28.4 Å². The molecular formula is C24H23N3O2. The Kier molecular flexibility index (Phi) is 4.12. The minimum atomic E-state index is -0.158. The zero-order valence-corrected chi connectivity index (χ0v) is 16.5. The predicted octanol–water partition coefficient (Wildman–Crippen LogP) is 3.81. The molecule has 2 saturated heterocycles. The Morgan fingerprint density at radius 1 is 1.00 bits per heavy atom. The Hall–Kier alpha value is -3.21. The summed E-state index contributed by atoms with van der Waals surface area (Å²) in [6.45, 7) is 3.99. The highest BCUT2D eigenvalue weighted by molar-refractivity contribution is 5.98. The lowest BCUT2D eigenvalue weighted by Crippen LogP contribution is -2.34. The summed E-state index contributed by atoms with van der Waals surface area (Å²) in [4.78, 5) is 34.1. The lowest BCUT2D eigenvalue weighted by molar-refractivity contribution is -0.117. The van der Waals surface area contributed by atoms with Crippen LogP contribution in [0.3, 0.4) is 0 Å². The summed E-state index contributed by atoms with van der Waals surface area (Å²) in [6, 6.07) is 19.6. The molecule has 5 heteroatoms. The maximum absolute atomic E-state index is 13.1.